The van der Waals surface area contributed by atoms with Crippen LogP contribution in [0.2, 0.25) is 0 Å². The summed E-state index contributed by atoms with van der Waals surface area (Å²) in [4.78, 5) is 24.0. The van der Waals surface area contributed by atoms with Crippen LogP contribution in [0.25, 0.3) is 0 Å². The normalized spacial score (nSPS) is 9.95. The van der Waals surface area contributed by atoms with E-state index in [4.69, 9.17) is 10.6 Å². The van der Waals surface area contributed by atoms with E-state index in [2.05, 4.69) is 5.32 Å². The molecule has 0 radical (unpaired) electrons. The quantitative estimate of drug-likeness (QED) is 0.349. The SMILES string of the molecule is COc1ccc(C(=O)c2cc(C)ccc2NC(=O)NN)cc1. The van der Waals surface area contributed by atoms with Crippen molar-refractivity contribution in [2.75, 3.05) is 12.4 Å². The van der Waals surface area contributed by atoms with Crippen LogP contribution in [0, 0.1) is 6.92 Å². The lowest BCUT2D eigenvalue weighted by atomic mass is 9.99. The van der Waals surface area contributed by atoms with Crippen LogP contribution in [0.5, 0.6) is 5.75 Å². The Morgan fingerprint density at radius 1 is 1.09 bits per heavy atom. The minimum atomic E-state index is -0.590. The third-order valence-corrected chi connectivity index (χ3v) is 3.15. The van der Waals surface area contributed by atoms with Crippen LogP contribution in [-0.4, -0.2) is 18.9 Å². The van der Waals surface area contributed by atoms with Crippen LogP contribution in [-0.2, 0) is 0 Å². The van der Waals surface area contributed by atoms with E-state index in [0.29, 0.717) is 22.6 Å². The largest absolute Gasteiger partial charge is 0.497 e. The van der Waals surface area contributed by atoms with Gasteiger partial charge in [0.05, 0.1) is 12.8 Å². The zero-order chi connectivity index (χ0) is 16.1. The fraction of sp³-hybridized carbons (Fsp3) is 0.125. The van der Waals surface area contributed by atoms with Crippen LogP contribution >= 0.6 is 0 Å². The summed E-state index contributed by atoms with van der Waals surface area (Å²) in [6.45, 7) is 1.87. The van der Waals surface area contributed by atoms with Crippen molar-refractivity contribution in [3.8, 4) is 5.75 Å². The molecule has 6 nitrogen and oxygen atoms in total. The Bertz CT molecular complexity index is 696. The first-order chi connectivity index (χ1) is 10.5. The highest BCUT2D eigenvalue weighted by atomic mass is 16.5. The van der Waals surface area contributed by atoms with Gasteiger partial charge in [0, 0.05) is 11.1 Å². The number of methoxy groups -OCH3 is 1. The maximum Gasteiger partial charge on any atom is 0.333 e. The third-order valence-electron chi connectivity index (χ3n) is 3.15. The number of nitrogens with two attached hydrogens (primary N) is 1. The Kier molecular flexibility index (Phi) is 4.75. The number of benzene rings is 2. The molecule has 22 heavy (non-hydrogen) atoms. The van der Waals surface area contributed by atoms with Crippen molar-refractivity contribution in [1.29, 1.82) is 0 Å². The molecule has 0 atom stereocenters. The van der Waals surface area contributed by atoms with Gasteiger partial charge in [-0.3, -0.25) is 10.2 Å². The molecule has 0 aliphatic rings. The Morgan fingerprint density at radius 3 is 2.36 bits per heavy atom. The number of carbonyl (C=O) groups excluding carboxylic acids is 2. The minimum Gasteiger partial charge on any atom is -0.497 e. The standard InChI is InChI=1S/C16H17N3O3/c1-10-3-8-14(18-16(21)19-17)13(9-10)15(20)11-4-6-12(22-2)7-5-11/h3-9H,17H2,1-2H3,(H2,18,19,21). The highest BCUT2D eigenvalue weighted by molar-refractivity contribution is 6.13. The molecular formula is C16H17N3O3. The second kappa shape index (κ2) is 6.73. The Labute approximate surface area is 128 Å². The minimum absolute atomic E-state index is 0.196. The predicted molar refractivity (Wildman–Crippen MR) is 83.9 cm³/mol. The molecule has 0 saturated carbocycles. The van der Waals surface area contributed by atoms with Crippen molar-refractivity contribution in [2.24, 2.45) is 5.84 Å². The lowest BCUT2D eigenvalue weighted by Gasteiger charge is -2.11. The molecule has 0 bridgehead atoms. The molecule has 0 saturated heterocycles. The first-order valence-corrected chi connectivity index (χ1v) is 6.62. The second-order valence-corrected chi connectivity index (χ2v) is 4.71. The number of ether oxygens (including phenoxy) is 1. The zero-order valence-corrected chi connectivity index (χ0v) is 12.3. The van der Waals surface area contributed by atoms with Crippen molar-refractivity contribution in [1.82, 2.24) is 5.43 Å². The number of ketones is 1. The number of urea groups is 1. The summed E-state index contributed by atoms with van der Waals surface area (Å²) in [7, 11) is 1.56. The Hall–Kier alpha value is -2.86. The zero-order valence-electron chi connectivity index (χ0n) is 12.3. The van der Waals surface area contributed by atoms with Gasteiger partial charge in [0.2, 0.25) is 0 Å². The second-order valence-electron chi connectivity index (χ2n) is 4.71. The van der Waals surface area contributed by atoms with E-state index < -0.39 is 6.03 Å². The molecule has 2 amide bonds. The van der Waals surface area contributed by atoms with Gasteiger partial charge in [0.1, 0.15) is 5.75 Å². The summed E-state index contributed by atoms with van der Waals surface area (Å²) in [5.74, 6) is 5.53. The number of hydrogen-bond donors (Lipinski definition) is 3. The summed E-state index contributed by atoms with van der Waals surface area (Å²) < 4.78 is 5.07. The monoisotopic (exact) mass is 299 g/mol. The van der Waals surface area contributed by atoms with Crippen LogP contribution < -0.4 is 21.3 Å². The molecule has 114 valence electrons. The smallest absolute Gasteiger partial charge is 0.333 e. The Morgan fingerprint density at radius 2 is 1.77 bits per heavy atom. The molecule has 0 aliphatic heterocycles. The van der Waals surface area contributed by atoms with Gasteiger partial charge in [0.25, 0.3) is 0 Å². The van der Waals surface area contributed by atoms with E-state index in [1.54, 1.807) is 49.6 Å². The summed E-state index contributed by atoms with van der Waals surface area (Å²) in [6.07, 6.45) is 0. The maximum absolute atomic E-state index is 12.6. The van der Waals surface area contributed by atoms with Crippen molar-refractivity contribution >= 4 is 17.5 Å². The van der Waals surface area contributed by atoms with E-state index in [9.17, 15) is 9.59 Å². The first kappa shape index (κ1) is 15.5. The fourth-order valence-corrected chi connectivity index (χ4v) is 2.01. The number of nitrogens with one attached hydrogen (secondary N) is 2. The van der Waals surface area contributed by atoms with Gasteiger partial charge in [0.15, 0.2) is 5.78 Å². The highest BCUT2D eigenvalue weighted by Crippen LogP contribution is 2.22. The molecule has 0 aromatic heterocycles. The van der Waals surface area contributed by atoms with E-state index in [0.717, 1.165) is 5.56 Å². The van der Waals surface area contributed by atoms with Gasteiger partial charge in [-0.15, -0.1) is 0 Å². The van der Waals surface area contributed by atoms with Gasteiger partial charge < -0.3 is 10.1 Å². The van der Waals surface area contributed by atoms with Gasteiger partial charge in [-0.1, -0.05) is 11.6 Å². The van der Waals surface area contributed by atoms with E-state index >= 15 is 0 Å². The van der Waals surface area contributed by atoms with E-state index in [1.807, 2.05) is 12.3 Å². The molecule has 2 rings (SSSR count). The van der Waals surface area contributed by atoms with Gasteiger partial charge in [-0.05, 0) is 43.3 Å². The van der Waals surface area contributed by atoms with Gasteiger partial charge in [-0.25, -0.2) is 10.6 Å². The van der Waals surface area contributed by atoms with Crippen LogP contribution in [0.15, 0.2) is 42.5 Å². The maximum atomic E-state index is 12.6. The fourth-order valence-electron chi connectivity index (χ4n) is 2.01. The summed E-state index contributed by atoms with van der Waals surface area (Å²) >= 11 is 0. The topological polar surface area (TPSA) is 93.4 Å². The highest BCUT2D eigenvalue weighted by Gasteiger charge is 2.15. The average Bonchev–Trinajstić information content (AvgIpc) is 2.55. The lowest BCUT2D eigenvalue weighted by molar-refractivity contribution is 0.103. The van der Waals surface area contributed by atoms with Gasteiger partial charge >= 0.3 is 6.03 Å². The Balaban J connectivity index is 2.38. The molecule has 0 aliphatic carbocycles. The number of hydrazine groups is 1. The van der Waals surface area contributed by atoms with Crippen molar-refractivity contribution in [2.45, 2.75) is 6.92 Å². The molecule has 0 spiro atoms. The van der Waals surface area contributed by atoms with Crippen LogP contribution in [0.3, 0.4) is 0 Å². The molecule has 2 aromatic rings. The molecule has 0 unspecified atom stereocenters. The number of aryl methyl sites for hydroxylation is 1. The van der Waals surface area contributed by atoms with Gasteiger partial charge in [-0.2, -0.15) is 0 Å². The molecule has 0 heterocycles. The molecule has 4 N–H and O–H groups in total. The molecule has 6 heteroatoms. The van der Waals surface area contributed by atoms with Crippen LogP contribution in [0.4, 0.5) is 10.5 Å². The van der Waals surface area contributed by atoms with E-state index in [-0.39, 0.29) is 5.78 Å². The molecule has 0 fully saturated rings. The molecular weight excluding hydrogens is 282 g/mol. The first-order valence-electron chi connectivity index (χ1n) is 6.62. The average molecular weight is 299 g/mol. The predicted octanol–water partition coefficient (Wildman–Crippen LogP) is 2.23. The number of rotatable bonds is 4. The number of amides is 2. The van der Waals surface area contributed by atoms with Crippen LogP contribution in [0.1, 0.15) is 21.5 Å². The third kappa shape index (κ3) is 3.42. The van der Waals surface area contributed by atoms with Crippen molar-refractivity contribution < 1.29 is 14.3 Å². The van der Waals surface area contributed by atoms with Crippen molar-refractivity contribution in [3.63, 3.8) is 0 Å². The number of anilines is 1. The summed E-state index contributed by atoms with van der Waals surface area (Å²) in [6, 6.07) is 11.4. The number of hydrogen-bond acceptors (Lipinski definition) is 4. The summed E-state index contributed by atoms with van der Waals surface area (Å²) in [5, 5.41) is 2.54. The van der Waals surface area contributed by atoms with Crippen molar-refractivity contribution in [3.05, 3.63) is 59.2 Å². The lowest BCUT2D eigenvalue weighted by Crippen LogP contribution is -2.34. The summed E-state index contributed by atoms with van der Waals surface area (Å²) in [5.41, 5.74) is 4.18. The molecule has 2 aromatic carbocycles. The van der Waals surface area contributed by atoms with E-state index in [1.165, 1.54) is 0 Å². The number of carbonyl (C=O) groups is 2.